The Morgan fingerprint density at radius 1 is 1.37 bits per heavy atom. The van der Waals surface area contributed by atoms with Crippen LogP contribution in [0.25, 0.3) is 0 Å². The maximum absolute atomic E-state index is 11.5. The van der Waals surface area contributed by atoms with Crippen molar-refractivity contribution < 1.29 is 9.53 Å². The molecule has 100 valence electrons. The van der Waals surface area contributed by atoms with Gasteiger partial charge in [0.15, 0.2) is 0 Å². The van der Waals surface area contributed by atoms with Crippen molar-refractivity contribution in [1.29, 1.82) is 0 Å². The molecule has 0 radical (unpaired) electrons. The molecule has 0 amide bonds. The summed E-state index contributed by atoms with van der Waals surface area (Å²) in [5.41, 5.74) is 1.73. The zero-order valence-corrected chi connectivity index (χ0v) is 12.3. The lowest BCUT2D eigenvalue weighted by molar-refractivity contribution is 0.0526. The molecule has 0 fully saturated rings. The van der Waals surface area contributed by atoms with Crippen LogP contribution in [0.15, 0.2) is 41.1 Å². The number of esters is 1. The van der Waals surface area contributed by atoms with E-state index in [1.165, 1.54) is 5.56 Å². The Morgan fingerprint density at radius 2 is 2.11 bits per heavy atom. The van der Waals surface area contributed by atoms with Gasteiger partial charge in [-0.3, -0.25) is 4.68 Å². The molecule has 19 heavy (non-hydrogen) atoms. The Balaban J connectivity index is 1.93. The monoisotopic (exact) mass is 322 g/mol. The summed E-state index contributed by atoms with van der Waals surface area (Å²) < 4.78 is 7.75. The third-order valence-corrected chi connectivity index (χ3v) is 3.22. The van der Waals surface area contributed by atoms with Crippen LogP contribution in [0.2, 0.25) is 0 Å². The molecular weight excluding hydrogens is 308 g/mol. The van der Waals surface area contributed by atoms with Crippen LogP contribution < -0.4 is 0 Å². The van der Waals surface area contributed by atoms with Crippen LogP contribution in [0.4, 0.5) is 0 Å². The van der Waals surface area contributed by atoms with Crippen LogP contribution in [0.5, 0.6) is 0 Å². The zero-order chi connectivity index (χ0) is 13.7. The Bertz CT molecular complexity index is 549. The lowest BCUT2D eigenvalue weighted by Gasteiger charge is -2.02. The highest BCUT2D eigenvalue weighted by atomic mass is 79.9. The second kappa shape index (κ2) is 6.52. The quantitative estimate of drug-likeness (QED) is 0.795. The zero-order valence-electron chi connectivity index (χ0n) is 10.7. The van der Waals surface area contributed by atoms with E-state index in [2.05, 4.69) is 33.2 Å². The molecule has 0 aliphatic rings. The van der Waals surface area contributed by atoms with Gasteiger partial charge >= 0.3 is 5.97 Å². The number of benzene rings is 1. The molecule has 4 nitrogen and oxygen atoms in total. The number of aryl methyl sites for hydroxylation is 2. The molecule has 0 aliphatic carbocycles. The predicted octanol–water partition coefficient (Wildman–Crippen LogP) is 3.07. The smallest absolute Gasteiger partial charge is 0.341 e. The van der Waals surface area contributed by atoms with Crippen molar-refractivity contribution in [2.45, 2.75) is 19.9 Å². The van der Waals surface area contributed by atoms with Gasteiger partial charge in [-0.15, -0.1) is 0 Å². The van der Waals surface area contributed by atoms with Crippen LogP contribution in [-0.2, 0) is 17.7 Å². The molecule has 0 unspecified atom stereocenters. The van der Waals surface area contributed by atoms with Crippen molar-refractivity contribution in [3.8, 4) is 0 Å². The minimum absolute atomic E-state index is 0.322. The van der Waals surface area contributed by atoms with E-state index in [9.17, 15) is 4.79 Å². The number of hydrogen-bond donors (Lipinski definition) is 0. The number of rotatable bonds is 5. The first-order chi connectivity index (χ1) is 9.19. The van der Waals surface area contributed by atoms with Crippen molar-refractivity contribution in [1.82, 2.24) is 9.78 Å². The summed E-state index contributed by atoms with van der Waals surface area (Å²) in [6.45, 7) is 2.90. The van der Waals surface area contributed by atoms with E-state index in [1.807, 2.05) is 12.1 Å². The molecule has 0 spiro atoms. The van der Waals surface area contributed by atoms with Crippen LogP contribution in [-0.4, -0.2) is 22.4 Å². The Hall–Kier alpha value is -1.62. The van der Waals surface area contributed by atoms with Gasteiger partial charge in [0.25, 0.3) is 0 Å². The van der Waals surface area contributed by atoms with Crippen molar-refractivity contribution in [2.24, 2.45) is 0 Å². The van der Waals surface area contributed by atoms with Crippen molar-refractivity contribution >= 4 is 21.9 Å². The summed E-state index contributed by atoms with van der Waals surface area (Å²) in [6, 6.07) is 8.17. The second-order valence-corrected chi connectivity index (χ2v) is 5.00. The van der Waals surface area contributed by atoms with Gasteiger partial charge in [0, 0.05) is 17.2 Å². The maximum Gasteiger partial charge on any atom is 0.341 e. The number of hydrogen-bond acceptors (Lipinski definition) is 3. The maximum atomic E-state index is 11.5. The first-order valence-electron chi connectivity index (χ1n) is 6.13. The molecule has 0 bridgehead atoms. The molecule has 1 aromatic carbocycles. The average Bonchev–Trinajstić information content (AvgIpc) is 2.87. The number of ether oxygens (including phenoxy) is 1. The lowest BCUT2D eigenvalue weighted by Crippen LogP contribution is -2.04. The fraction of sp³-hybridized carbons (Fsp3) is 0.286. The summed E-state index contributed by atoms with van der Waals surface area (Å²) in [7, 11) is 0. The Morgan fingerprint density at radius 3 is 2.79 bits per heavy atom. The third-order valence-electron chi connectivity index (χ3n) is 2.69. The van der Waals surface area contributed by atoms with Gasteiger partial charge in [0.2, 0.25) is 0 Å². The Labute approximate surface area is 120 Å². The van der Waals surface area contributed by atoms with Gasteiger partial charge < -0.3 is 4.74 Å². The van der Waals surface area contributed by atoms with Crippen LogP contribution in [0.1, 0.15) is 22.8 Å². The minimum atomic E-state index is -0.322. The largest absolute Gasteiger partial charge is 0.462 e. The first kappa shape index (κ1) is 13.8. The van der Waals surface area contributed by atoms with Crippen LogP contribution in [0.3, 0.4) is 0 Å². The summed E-state index contributed by atoms with van der Waals surface area (Å²) in [5, 5.41) is 4.16. The molecule has 0 saturated carbocycles. The summed E-state index contributed by atoms with van der Waals surface area (Å²) in [6.07, 6.45) is 4.13. The highest BCUT2D eigenvalue weighted by molar-refractivity contribution is 9.10. The van der Waals surface area contributed by atoms with Gasteiger partial charge in [-0.2, -0.15) is 5.10 Å². The van der Waals surface area contributed by atoms with E-state index < -0.39 is 0 Å². The fourth-order valence-electron chi connectivity index (χ4n) is 1.70. The predicted molar refractivity (Wildman–Crippen MR) is 76.0 cm³/mol. The van der Waals surface area contributed by atoms with Gasteiger partial charge in [0.1, 0.15) is 0 Å². The van der Waals surface area contributed by atoms with Crippen molar-refractivity contribution in [2.75, 3.05) is 6.61 Å². The van der Waals surface area contributed by atoms with Gasteiger partial charge in [-0.25, -0.2) is 4.79 Å². The van der Waals surface area contributed by atoms with Gasteiger partial charge in [-0.1, -0.05) is 28.1 Å². The lowest BCUT2D eigenvalue weighted by atomic mass is 10.1. The number of nitrogens with zero attached hydrogens (tertiary/aromatic N) is 2. The third kappa shape index (κ3) is 3.92. The SMILES string of the molecule is CCOC(=O)c1cnn(CCc2ccc(Br)cc2)c1. The average molecular weight is 323 g/mol. The van der Waals surface area contributed by atoms with Crippen molar-refractivity contribution in [3.63, 3.8) is 0 Å². The summed E-state index contributed by atoms with van der Waals surface area (Å²) in [4.78, 5) is 11.5. The number of carbonyl (C=O) groups is 1. The number of carbonyl (C=O) groups excluding carboxylic acids is 1. The topological polar surface area (TPSA) is 44.1 Å². The van der Waals surface area contributed by atoms with Gasteiger partial charge in [0.05, 0.1) is 18.4 Å². The summed E-state index contributed by atoms with van der Waals surface area (Å²) in [5.74, 6) is -0.322. The molecule has 2 rings (SSSR count). The standard InChI is InChI=1S/C14H15BrN2O2/c1-2-19-14(18)12-9-16-17(10-12)8-7-11-3-5-13(15)6-4-11/h3-6,9-10H,2,7-8H2,1H3. The van der Waals surface area contributed by atoms with E-state index in [4.69, 9.17) is 4.74 Å². The van der Waals surface area contributed by atoms with Gasteiger partial charge in [-0.05, 0) is 31.0 Å². The fourth-order valence-corrected chi connectivity index (χ4v) is 1.96. The van der Waals surface area contributed by atoms with E-state index in [-0.39, 0.29) is 5.97 Å². The van der Waals surface area contributed by atoms with E-state index >= 15 is 0 Å². The van der Waals surface area contributed by atoms with Crippen molar-refractivity contribution in [3.05, 3.63) is 52.3 Å². The van der Waals surface area contributed by atoms with E-state index in [0.717, 1.165) is 17.4 Å². The van der Waals surface area contributed by atoms with E-state index in [0.29, 0.717) is 12.2 Å². The minimum Gasteiger partial charge on any atom is -0.462 e. The molecular formula is C14H15BrN2O2. The molecule has 0 atom stereocenters. The number of aromatic nitrogens is 2. The molecule has 0 saturated heterocycles. The molecule has 0 aliphatic heterocycles. The first-order valence-corrected chi connectivity index (χ1v) is 6.92. The van der Waals surface area contributed by atoms with E-state index in [1.54, 1.807) is 24.0 Å². The normalized spacial score (nSPS) is 10.4. The summed E-state index contributed by atoms with van der Waals surface area (Å²) >= 11 is 3.41. The number of halogens is 1. The molecule has 2 aromatic rings. The highest BCUT2D eigenvalue weighted by Gasteiger charge is 2.08. The molecule has 1 heterocycles. The highest BCUT2D eigenvalue weighted by Crippen LogP contribution is 2.11. The molecule has 1 aromatic heterocycles. The second-order valence-electron chi connectivity index (χ2n) is 4.09. The molecule has 0 N–H and O–H groups in total. The van der Waals surface area contributed by atoms with Crippen LogP contribution in [0, 0.1) is 0 Å². The molecule has 5 heteroatoms. The van der Waals surface area contributed by atoms with Crippen LogP contribution >= 0.6 is 15.9 Å². The Kier molecular flexibility index (Phi) is 4.74.